The molecule has 0 bridgehead atoms. The van der Waals surface area contributed by atoms with E-state index in [2.05, 4.69) is 37.4 Å². The number of hydrogen-bond donors (Lipinski definition) is 1. The van der Waals surface area contributed by atoms with Crippen LogP contribution in [0.5, 0.6) is 0 Å². The fourth-order valence-electron chi connectivity index (χ4n) is 3.38. The lowest BCUT2D eigenvalue weighted by Crippen LogP contribution is -2.15. The summed E-state index contributed by atoms with van der Waals surface area (Å²) in [4.78, 5) is 17.6. The highest BCUT2D eigenvalue weighted by atomic mass is 79.9. The van der Waals surface area contributed by atoms with Gasteiger partial charge >= 0.3 is 0 Å². The van der Waals surface area contributed by atoms with Crippen LogP contribution in [0, 0.1) is 20.8 Å². The minimum Gasteiger partial charge on any atom is -0.319 e. The lowest BCUT2D eigenvalue weighted by molar-refractivity contribution is 0.101. The van der Waals surface area contributed by atoms with Gasteiger partial charge in [-0.25, -0.2) is 9.67 Å². The molecule has 5 nitrogen and oxygen atoms in total. The van der Waals surface area contributed by atoms with Crippen LogP contribution in [0.3, 0.4) is 0 Å². The summed E-state index contributed by atoms with van der Waals surface area (Å²) in [5.41, 5.74) is 5.45. The molecule has 31 heavy (non-hydrogen) atoms. The molecule has 0 radical (unpaired) electrons. The molecule has 156 valence electrons. The third kappa shape index (κ3) is 4.55. The Balaban J connectivity index is 1.80. The van der Waals surface area contributed by atoms with Gasteiger partial charge in [0.15, 0.2) is 5.82 Å². The first kappa shape index (κ1) is 21.3. The van der Waals surface area contributed by atoms with Gasteiger partial charge in [0, 0.05) is 20.7 Å². The number of carbonyl (C=O) groups excluding carboxylic acids is 1. The fraction of sp³-hybridized carbons (Fsp3) is 0.125. The summed E-state index contributed by atoms with van der Waals surface area (Å²) < 4.78 is 2.65. The van der Waals surface area contributed by atoms with Crippen molar-refractivity contribution in [2.45, 2.75) is 20.8 Å². The van der Waals surface area contributed by atoms with Crippen LogP contribution in [0.25, 0.3) is 17.1 Å². The molecule has 3 aromatic carbocycles. The number of benzene rings is 3. The maximum atomic E-state index is 13.0. The van der Waals surface area contributed by atoms with E-state index < -0.39 is 0 Å². The van der Waals surface area contributed by atoms with Crippen LogP contribution in [0.15, 0.2) is 65.1 Å². The average Bonchev–Trinajstić information content (AvgIpc) is 3.15. The molecule has 0 aliphatic carbocycles. The normalized spacial score (nSPS) is 10.9. The number of halogens is 2. The second-order valence-corrected chi connectivity index (χ2v) is 8.74. The second-order valence-electron chi connectivity index (χ2n) is 7.38. The Morgan fingerprint density at radius 3 is 2.52 bits per heavy atom. The van der Waals surface area contributed by atoms with Crippen LogP contribution in [0.4, 0.5) is 5.69 Å². The number of nitrogens with zero attached hydrogens (tertiary/aromatic N) is 3. The van der Waals surface area contributed by atoms with Crippen LogP contribution in [-0.4, -0.2) is 20.7 Å². The van der Waals surface area contributed by atoms with Crippen molar-refractivity contribution in [1.29, 1.82) is 0 Å². The van der Waals surface area contributed by atoms with Crippen molar-refractivity contribution in [2.75, 3.05) is 5.32 Å². The van der Waals surface area contributed by atoms with Gasteiger partial charge in [-0.2, -0.15) is 0 Å². The van der Waals surface area contributed by atoms with Gasteiger partial charge in [-0.15, -0.1) is 5.10 Å². The SMILES string of the molecule is Cc1ccc(-n2nc(C(=O)Nc3ccc(Br)cc3C)nc2-c2cccc(Cl)c2)c(C)c1. The molecule has 0 fully saturated rings. The largest absolute Gasteiger partial charge is 0.319 e. The minimum absolute atomic E-state index is 0.0808. The van der Waals surface area contributed by atoms with Gasteiger partial charge in [0.25, 0.3) is 5.91 Å². The highest BCUT2D eigenvalue weighted by molar-refractivity contribution is 9.10. The lowest BCUT2D eigenvalue weighted by atomic mass is 10.1. The topological polar surface area (TPSA) is 59.8 Å². The Kier molecular flexibility index (Phi) is 5.94. The Morgan fingerprint density at radius 1 is 1.00 bits per heavy atom. The molecule has 4 rings (SSSR count). The van der Waals surface area contributed by atoms with Crippen molar-refractivity contribution < 1.29 is 4.79 Å². The molecular weight excluding hydrogens is 476 g/mol. The Morgan fingerprint density at radius 2 is 1.81 bits per heavy atom. The van der Waals surface area contributed by atoms with E-state index in [9.17, 15) is 4.79 Å². The predicted octanol–water partition coefficient (Wildman–Crippen LogP) is 6.53. The summed E-state index contributed by atoms with van der Waals surface area (Å²) in [7, 11) is 0. The Bertz CT molecular complexity index is 1300. The minimum atomic E-state index is -0.378. The number of rotatable bonds is 4. The van der Waals surface area contributed by atoms with Crippen LogP contribution >= 0.6 is 27.5 Å². The molecule has 1 amide bonds. The molecule has 0 saturated heterocycles. The Labute approximate surface area is 194 Å². The quantitative estimate of drug-likeness (QED) is 0.350. The van der Waals surface area contributed by atoms with Crippen molar-refractivity contribution in [1.82, 2.24) is 14.8 Å². The smallest absolute Gasteiger partial charge is 0.295 e. The molecule has 1 aromatic heterocycles. The number of nitrogens with one attached hydrogen (secondary N) is 1. The van der Waals surface area contributed by atoms with Gasteiger partial charge in [-0.1, -0.05) is 57.4 Å². The molecule has 0 atom stereocenters. The number of carbonyl (C=O) groups is 1. The number of aromatic nitrogens is 3. The van der Waals surface area contributed by atoms with Gasteiger partial charge in [0.2, 0.25) is 5.82 Å². The first-order chi connectivity index (χ1) is 14.8. The molecule has 7 heteroatoms. The van der Waals surface area contributed by atoms with E-state index in [0.717, 1.165) is 32.4 Å². The van der Waals surface area contributed by atoms with E-state index in [-0.39, 0.29) is 11.7 Å². The third-order valence-corrected chi connectivity index (χ3v) is 5.64. The van der Waals surface area contributed by atoms with E-state index in [0.29, 0.717) is 16.5 Å². The highest BCUT2D eigenvalue weighted by Crippen LogP contribution is 2.26. The van der Waals surface area contributed by atoms with Gasteiger partial charge in [0.05, 0.1) is 5.69 Å². The number of anilines is 1. The third-order valence-electron chi connectivity index (χ3n) is 4.91. The summed E-state index contributed by atoms with van der Waals surface area (Å²) in [6.07, 6.45) is 0. The molecule has 0 saturated carbocycles. The first-order valence-corrected chi connectivity index (χ1v) is 10.9. The average molecular weight is 496 g/mol. The van der Waals surface area contributed by atoms with Crippen molar-refractivity contribution in [3.05, 3.63) is 92.7 Å². The standard InChI is InChI=1S/C24H20BrClN4O/c1-14-7-10-21(16(3)11-14)30-23(17-5-4-6-19(26)13-17)28-22(29-30)24(31)27-20-9-8-18(25)12-15(20)2/h4-13H,1-3H3,(H,27,31). The highest BCUT2D eigenvalue weighted by Gasteiger charge is 2.20. The molecule has 4 aromatic rings. The summed E-state index contributed by atoms with van der Waals surface area (Å²) in [5.74, 6) is 0.251. The van der Waals surface area contributed by atoms with Gasteiger partial charge < -0.3 is 5.32 Å². The van der Waals surface area contributed by atoms with Crippen molar-refractivity contribution >= 4 is 39.1 Å². The summed E-state index contributed by atoms with van der Waals surface area (Å²) >= 11 is 9.65. The van der Waals surface area contributed by atoms with Crippen molar-refractivity contribution in [3.8, 4) is 17.1 Å². The van der Waals surface area contributed by atoms with Crippen LogP contribution in [-0.2, 0) is 0 Å². The zero-order chi connectivity index (χ0) is 22.1. The van der Waals surface area contributed by atoms with Crippen LogP contribution in [0.1, 0.15) is 27.3 Å². The van der Waals surface area contributed by atoms with Gasteiger partial charge in [0.1, 0.15) is 0 Å². The van der Waals surface area contributed by atoms with Gasteiger partial charge in [-0.3, -0.25) is 4.79 Å². The molecule has 1 heterocycles. The summed E-state index contributed by atoms with van der Waals surface area (Å²) in [5, 5.41) is 8.06. The van der Waals surface area contributed by atoms with E-state index in [1.165, 1.54) is 0 Å². The summed E-state index contributed by atoms with van der Waals surface area (Å²) in [6, 6.07) is 19.1. The monoisotopic (exact) mass is 494 g/mol. The Hall–Kier alpha value is -2.96. The maximum Gasteiger partial charge on any atom is 0.295 e. The second kappa shape index (κ2) is 8.65. The molecule has 1 N–H and O–H groups in total. The molecule has 0 spiro atoms. The predicted molar refractivity (Wildman–Crippen MR) is 128 cm³/mol. The van der Waals surface area contributed by atoms with E-state index in [4.69, 9.17) is 11.6 Å². The van der Waals surface area contributed by atoms with Gasteiger partial charge in [-0.05, 0) is 68.3 Å². The van der Waals surface area contributed by atoms with E-state index >= 15 is 0 Å². The molecule has 0 aliphatic heterocycles. The molecule has 0 aliphatic rings. The fourth-order valence-corrected chi connectivity index (χ4v) is 4.05. The van der Waals surface area contributed by atoms with E-state index in [1.54, 1.807) is 10.7 Å². The summed E-state index contributed by atoms with van der Waals surface area (Å²) in [6.45, 7) is 5.98. The lowest BCUT2D eigenvalue weighted by Gasteiger charge is -2.10. The van der Waals surface area contributed by atoms with E-state index in [1.807, 2.05) is 69.3 Å². The van der Waals surface area contributed by atoms with Crippen molar-refractivity contribution in [2.24, 2.45) is 0 Å². The maximum absolute atomic E-state index is 13.0. The zero-order valence-corrected chi connectivity index (χ0v) is 19.6. The number of amides is 1. The van der Waals surface area contributed by atoms with Crippen LogP contribution in [0.2, 0.25) is 5.02 Å². The number of hydrogen-bond acceptors (Lipinski definition) is 3. The first-order valence-electron chi connectivity index (χ1n) is 9.70. The number of aryl methyl sites for hydroxylation is 3. The van der Waals surface area contributed by atoms with Crippen LogP contribution < -0.4 is 5.32 Å². The van der Waals surface area contributed by atoms with Crippen molar-refractivity contribution in [3.63, 3.8) is 0 Å². The molecular formula is C24H20BrClN4O. The molecule has 0 unspecified atom stereocenters. The zero-order valence-electron chi connectivity index (χ0n) is 17.3.